The van der Waals surface area contributed by atoms with Crippen LogP contribution in [0.5, 0.6) is 0 Å². The molecule has 1 aromatic rings. The highest BCUT2D eigenvalue weighted by molar-refractivity contribution is 7.10. The van der Waals surface area contributed by atoms with E-state index in [1.54, 1.807) is 18.4 Å². The molecule has 0 aliphatic rings. The van der Waals surface area contributed by atoms with Gasteiger partial charge in [0.1, 0.15) is 0 Å². The summed E-state index contributed by atoms with van der Waals surface area (Å²) in [7, 11) is 1.72. The van der Waals surface area contributed by atoms with E-state index in [-0.39, 0.29) is 6.04 Å². The first-order chi connectivity index (χ1) is 7.72. The SMILES string of the molecule is CCN(CCOC)C(CN)c1cc(Cl)cs1. The van der Waals surface area contributed by atoms with Crippen molar-refractivity contribution in [3.8, 4) is 0 Å². The smallest absolute Gasteiger partial charge is 0.0589 e. The number of nitrogens with zero attached hydrogens (tertiary/aromatic N) is 1. The Morgan fingerprint density at radius 2 is 2.38 bits per heavy atom. The number of halogens is 1. The number of nitrogens with two attached hydrogens (primary N) is 1. The zero-order valence-corrected chi connectivity index (χ0v) is 11.4. The summed E-state index contributed by atoms with van der Waals surface area (Å²) in [6.07, 6.45) is 0. The third kappa shape index (κ3) is 3.71. The van der Waals surface area contributed by atoms with Gasteiger partial charge in [-0.2, -0.15) is 0 Å². The van der Waals surface area contributed by atoms with Gasteiger partial charge >= 0.3 is 0 Å². The maximum absolute atomic E-state index is 5.94. The average Bonchev–Trinajstić information content (AvgIpc) is 2.70. The predicted molar refractivity (Wildman–Crippen MR) is 70.2 cm³/mol. The van der Waals surface area contributed by atoms with Gasteiger partial charge in [-0.05, 0) is 12.6 Å². The minimum absolute atomic E-state index is 0.248. The molecular formula is C11H19ClN2OS. The molecule has 0 saturated heterocycles. The Morgan fingerprint density at radius 3 is 2.81 bits per heavy atom. The zero-order chi connectivity index (χ0) is 12.0. The molecule has 1 aromatic heterocycles. The summed E-state index contributed by atoms with van der Waals surface area (Å²) in [6.45, 7) is 5.32. The van der Waals surface area contributed by atoms with E-state index in [0.29, 0.717) is 6.54 Å². The lowest BCUT2D eigenvalue weighted by atomic mass is 10.2. The van der Waals surface area contributed by atoms with Crippen molar-refractivity contribution < 1.29 is 4.74 Å². The van der Waals surface area contributed by atoms with Gasteiger partial charge in [0, 0.05) is 30.5 Å². The van der Waals surface area contributed by atoms with Crippen LogP contribution >= 0.6 is 22.9 Å². The summed E-state index contributed by atoms with van der Waals surface area (Å²) in [5, 5.41) is 2.74. The normalized spacial score (nSPS) is 13.3. The predicted octanol–water partition coefficient (Wildman–Crippen LogP) is 2.37. The van der Waals surface area contributed by atoms with Crippen LogP contribution in [0, 0.1) is 0 Å². The molecule has 0 saturated carbocycles. The lowest BCUT2D eigenvalue weighted by molar-refractivity contribution is 0.127. The third-order valence-electron chi connectivity index (χ3n) is 2.57. The Labute approximate surface area is 106 Å². The molecular weight excluding hydrogens is 244 g/mol. The van der Waals surface area contributed by atoms with Crippen molar-refractivity contribution in [3.05, 3.63) is 21.3 Å². The van der Waals surface area contributed by atoms with Gasteiger partial charge in [0.25, 0.3) is 0 Å². The monoisotopic (exact) mass is 262 g/mol. The van der Waals surface area contributed by atoms with E-state index in [4.69, 9.17) is 22.1 Å². The highest BCUT2D eigenvalue weighted by Gasteiger charge is 2.18. The van der Waals surface area contributed by atoms with Crippen LogP contribution in [-0.4, -0.2) is 38.3 Å². The first kappa shape index (κ1) is 13.9. The van der Waals surface area contributed by atoms with Gasteiger partial charge in [0.15, 0.2) is 0 Å². The van der Waals surface area contributed by atoms with Crippen molar-refractivity contribution in [1.82, 2.24) is 4.90 Å². The fourth-order valence-electron chi connectivity index (χ4n) is 1.69. The Bertz CT molecular complexity index is 306. The first-order valence-corrected chi connectivity index (χ1v) is 6.65. The number of likely N-dealkylation sites (N-methyl/N-ethyl adjacent to an activating group) is 1. The highest BCUT2D eigenvalue weighted by Crippen LogP contribution is 2.28. The van der Waals surface area contributed by atoms with Gasteiger partial charge in [0.2, 0.25) is 0 Å². The molecule has 0 spiro atoms. The Balaban J connectivity index is 2.70. The maximum Gasteiger partial charge on any atom is 0.0589 e. The molecule has 92 valence electrons. The van der Waals surface area contributed by atoms with Crippen LogP contribution in [0.15, 0.2) is 11.4 Å². The van der Waals surface area contributed by atoms with Gasteiger partial charge in [-0.15, -0.1) is 11.3 Å². The van der Waals surface area contributed by atoms with E-state index in [2.05, 4.69) is 11.8 Å². The van der Waals surface area contributed by atoms with Gasteiger partial charge in [-0.25, -0.2) is 0 Å². The van der Waals surface area contributed by atoms with Crippen LogP contribution in [0.25, 0.3) is 0 Å². The van der Waals surface area contributed by atoms with Crippen LogP contribution in [-0.2, 0) is 4.74 Å². The Kier molecular flexibility index (Phi) is 6.31. The lowest BCUT2D eigenvalue weighted by Gasteiger charge is -2.28. The molecule has 1 unspecified atom stereocenters. The summed E-state index contributed by atoms with van der Waals surface area (Å²) in [4.78, 5) is 3.54. The molecule has 2 N–H and O–H groups in total. The Hall–Kier alpha value is -0.130. The highest BCUT2D eigenvalue weighted by atomic mass is 35.5. The van der Waals surface area contributed by atoms with Crippen LogP contribution in [0.2, 0.25) is 5.02 Å². The van der Waals surface area contributed by atoms with Gasteiger partial charge in [0.05, 0.1) is 17.7 Å². The largest absolute Gasteiger partial charge is 0.383 e. The summed E-state index contributed by atoms with van der Waals surface area (Å²) < 4.78 is 5.10. The molecule has 3 nitrogen and oxygen atoms in total. The number of methoxy groups -OCH3 is 1. The number of thiophene rings is 1. The lowest BCUT2D eigenvalue weighted by Crippen LogP contribution is -2.35. The van der Waals surface area contributed by atoms with Gasteiger partial charge in [-0.1, -0.05) is 18.5 Å². The van der Waals surface area contributed by atoms with E-state index in [1.807, 2.05) is 11.4 Å². The molecule has 0 fully saturated rings. The minimum atomic E-state index is 0.248. The molecule has 0 radical (unpaired) electrons. The fraction of sp³-hybridized carbons (Fsp3) is 0.636. The van der Waals surface area contributed by atoms with E-state index in [0.717, 1.165) is 24.7 Å². The number of hydrogen-bond acceptors (Lipinski definition) is 4. The Morgan fingerprint density at radius 1 is 1.62 bits per heavy atom. The van der Waals surface area contributed by atoms with Crippen LogP contribution in [0.1, 0.15) is 17.8 Å². The number of ether oxygens (including phenoxy) is 1. The van der Waals surface area contributed by atoms with Crippen molar-refractivity contribution >= 4 is 22.9 Å². The summed E-state index contributed by atoms with van der Waals surface area (Å²) >= 11 is 7.61. The molecule has 1 heterocycles. The topological polar surface area (TPSA) is 38.5 Å². The van der Waals surface area contributed by atoms with Crippen molar-refractivity contribution in [2.75, 3.05) is 33.4 Å². The van der Waals surface area contributed by atoms with Crippen LogP contribution in [0.3, 0.4) is 0 Å². The molecule has 0 amide bonds. The number of hydrogen-bond donors (Lipinski definition) is 1. The molecule has 0 bridgehead atoms. The molecule has 5 heteroatoms. The standard InChI is InChI=1S/C11H19ClN2OS/c1-3-14(4-5-15-2)10(7-13)11-6-9(12)8-16-11/h6,8,10H,3-5,7,13H2,1-2H3. The molecule has 0 aliphatic heterocycles. The second kappa shape index (κ2) is 7.25. The van der Waals surface area contributed by atoms with Crippen molar-refractivity contribution in [1.29, 1.82) is 0 Å². The van der Waals surface area contributed by atoms with Gasteiger partial charge < -0.3 is 10.5 Å². The second-order valence-electron chi connectivity index (χ2n) is 3.54. The maximum atomic E-state index is 5.94. The minimum Gasteiger partial charge on any atom is -0.383 e. The van der Waals surface area contributed by atoms with Crippen LogP contribution in [0.4, 0.5) is 0 Å². The van der Waals surface area contributed by atoms with E-state index in [1.165, 1.54) is 4.88 Å². The second-order valence-corrected chi connectivity index (χ2v) is 4.92. The molecule has 16 heavy (non-hydrogen) atoms. The quantitative estimate of drug-likeness (QED) is 0.820. The molecule has 1 rings (SSSR count). The van der Waals surface area contributed by atoms with Crippen LogP contribution < -0.4 is 5.73 Å². The summed E-state index contributed by atoms with van der Waals surface area (Å²) in [5.41, 5.74) is 5.84. The summed E-state index contributed by atoms with van der Waals surface area (Å²) in [6, 6.07) is 2.25. The van der Waals surface area contributed by atoms with Crippen molar-refractivity contribution in [3.63, 3.8) is 0 Å². The van der Waals surface area contributed by atoms with E-state index >= 15 is 0 Å². The van der Waals surface area contributed by atoms with E-state index in [9.17, 15) is 0 Å². The van der Waals surface area contributed by atoms with Crippen molar-refractivity contribution in [2.24, 2.45) is 5.73 Å². The average molecular weight is 263 g/mol. The zero-order valence-electron chi connectivity index (χ0n) is 9.78. The number of rotatable bonds is 7. The third-order valence-corrected chi connectivity index (χ3v) is 3.95. The van der Waals surface area contributed by atoms with Gasteiger partial charge in [-0.3, -0.25) is 4.90 Å². The first-order valence-electron chi connectivity index (χ1n) is 5.39. The molecule has 0 aromatic carbocycles. The van der Waals surface area contributed by atoms with Crippen molar-refractivity contribution in [2.45, 2.75) is 13.0 Å². The molecule has 0 aliphatic carbocycles. The molecule has 1 atom stereocenters. The van der Waals surface area contributed by atoms with E-state index < -0.39 is 0 Å². The fourth-order valence-corrected chi connectivity index (χ4v) is 2.92. The summed E-state index contributed by atoms with van der Waals surface area (Å²) in [5.74, 6) is 0.